The average Bonchev–Trinajstić information content (AvgIpc) is 2.30. The highest BCUT2D eigenvalue weighted by molar-refractivity contribution is 4.96. The second-order valence-corrected chi connectivity index (χ2v) is 4.59. The molecule has 0 aliphatic heterocycles. The molecule has 1 heterocycles. The van der Waals surface area contributed by atoms with Gasteiger partial charge in [-0.2, -0.15) is 0 Å². The van der Waals surface area contributed by atoms with Gasteiger partial charge in [0.15, 0.2) is 0 Å². The fourth-order valence-electron chi connectivity index (χ4n) is 1.10. The van der Waals surface area contributed by atoms with Gasteiger partial charge in [0, 0.05) is 13.2 Å². The largest absolute Gasteiger partial charge is 0.340 e. The molecule has 0 spiro atoms. The van der Waals surface area contributed by atoms with Crippen molar-refractivity contribution in [1.82, 2.24) is 9.55 Å². The highest BCUT2D eigenvalue weighted by atomic mass is 15.0. The van der Waals surface area contributed by atoms with Crippen molar-refractivity contribution in [3.05, 3.63) is 18.2 Å². The molecular weight excluding hydrogens is 148 g/mol. The van der Waals surface area contributed by atoms with E-state index in [0.29, 0.717) is 5.41 Å². The fourth-order valence-corrected chi connectivity index (χ4v) is 1.10. The Balaban J connectivity index is 2.44. The van der Waals surface area contributed by atoms with Gasteiger partial charge >= 0.3 is 0 Å². The first-order chi connectivity index (χ1) is 5.47. The summed E-state index contributed by atoms with van der Waals surface area (Å²) in [6.07, 6.45) is 6.23. The number of hydrogen-bond acceptors (Lipinski definition) is 1. The van der Waals surface area contributed by atoms with E-state index in [1.165, 1.54) is 12.1 Å². The molecule has 1 aromatic heterocycles. The Morgan fingerprint density at radius 2 is 2.08 bits per heavy atom. The van der Waals surface area contributed by atoms with Crippen molar-refractivity contribution < 1.29 is 0 Å². The number of aromatic nitrogens is 2. The van der Waals surface area contributed by atoms with Gasteiger partial charge in [-0.15, -0.1) is 0 Å². The maximum Gasteiger partial charge on any atom is 0.0946 e. The lowest BCUT2D eigenvalue weighted by Gasteiger charge is -2.16. The molecule has 0 bridgehead atoms. The summed E-state index contributed by atoms with van der Waals surface area (Å²) >= 11 is 0. The van der Waals surface area contributed by atoms with Gasteiger partial charge in [-0.25, -0.2) is 4.98 Å². The molecule has 1 rings (SSSR count). The van der Waals surface area contributed by atoms with Gasteiger partial charge in [0.2, 0.25) is 0 Å². The monoisotopic (exact) mass is 166 g/mol. The van der Waals surface area contributed by atoms with E-state index in [4.69, 9.17) is 0 Å². The summed E-state index contributed by atoms with van der Waals surface area (Å²) in [7, 11) is 2.01. The van der Waals surface area contributed by atoms with Crippen LogP contribution in [0, 0.1) is 5.41 Å². The van der Waals surface area contributed by atoms with E-state index in [-0.39, 0.29) is 0 Å². The summed E-state index contributed by atoms with van der Waals surface area (Å²) in [5, 5.41) is 0. The van der Waals surface area contributed by atoms with E-state index in [2.05, 4.69) is 32.0 Å². The van der Waals surface area contributed by atoms with E-state index in [9.17, 15) is 0 Å². The molecule has 0 fully saturated rings. The molecule has 0 aliphatic carbocycles. The standard InChI is InChI=1S/C10H18N2/c1-10(2,3)6-5-9-7-12(4)8-11-9/h7-8H,5-6H2,1-4H3. The van der Waals surface area contributed by atoms with Crippen LogP contribution >= 0.6 is 0 Å². The highest BCUT2D eigenvalue weighted by Crippen LogP contribution is 2.20. The zero-order valence-corrected chi connectivity index (χ0v) is 8.46. The summed E-state index contributed by atoms with van der Waals surface area (Å²) in [5.74, 6) is 0. The quantitative estimate of drug-likeness (QED) is 0.659. The number of nitrogens with zero attached hydrogens (tertiary/aromatic N) is 2. The van der Waals surface area contributed by atoms with Gasteiger partial charge < -0.3 is 4.57 Å². The molecule has 2 nitrogen and oxygen atoms in total. The second kappa shape index (κ2) is 3.30. The number of rotatable bonds is 2. The number of imidazole rings is 1. The van der Waals surface area contributed by atoms with Crippen LogP contribution in [-0.2, 0) is 13.5 Å². The predicted molar refractivity (Wildman–Crippen MR) is 51.0 cm³/mol. The molecule has 0 amide bonds. The lowest BCUT2D eigenvalue weighted by atomic mass is 9.90. The third kappa shape index (κ3) is 3.07. The van der Waals surface area contributed by atoms with Crippen molar-refractivity contribution in [3.8, 4) is 0 Å². The van der Waals surface area contributed by atoms with E-state index >= 15 is 0 Å². The van der Waals surface area contributed by atoms with E-state index in [1.54, 1.807) is 0 Å². The van der Waals surface area contributed by atoms with Crippen molar-refractivity contribution >= 4 is 0 Å². The van der Waals surface area contributed by atoms with Gasteiger partial charge in [0.05, 0.1) is 12.0 Å². The topological polar surface area (TPSA) is 17.8 Å². The number of aryl methyl sites for hydroxylation is 2. The normalized spacial score (nSPS) is 12.0. The summed E-state index contributed by atoms with van der Waals surface area (Å²) in [5.41, 5.74) is 1.62. The minimum Gasteiger partial charge on any atom is -0.340 e. The maximum absolute atomic E-state index is 4.28. The van der Waals surface area contributed by atoms with Crippen LogP contribution in [0.2, 0.25) is 0 Å². The van der Waals surface area contributed by atoms with Crippen LogP contribution in [-0.4, -0.2) is 9.55 Å². The Morgan fingerprint density at radius 1 is 1.42 bits per heavy atom. The highest BCUT2D eigenvalue weighted by Gasteiger charge is 2.10. The van der Waals surface area contributed by atoms with Crippen LogP contribution in [0.1, 0.15) is 32.9 Å². The first kappa shape index (κ1) is 9.30. The minimum absolute atomic E-state index is 0.414. The fraction of sp³-hybridized carbons (Fsp3) is 0.700. The molecule has 0 aliphatic rings. The summed E-state index contributed by atoms with van der Waals surface area (Å²) < 4.78 is 2.00. The lowest BCUT2D eigenvalue weighted by Crippen LogP contribution is -2.06. The molecule has 0 saturated carbocycles. The van der Waals surface area contributed by atoms with Crippen LogP contribution in [0.25, 0.3) is 0 Å². The molecule has 0 atom stereocenters. The number of hydrogen-bond donors (Lipinski definition) is 0. The molecule has 0 N–H and O–H groups in total. The molecule has 68 valence electrons. The van der Waals surface area contributed by atoms with Gasteiger partial charge in [0.25, 0.3) is 0 Å². The Bertz CT molecular complexity index is 243. The maximum atomic E-state index is 4.28. The second-order valence-electron chi connectivity index (χ2n) is 4.59. The Hall–Kier alpha value is -0.790. The minimum atomic E-state index is 0.414. The zero-order valence-electron chi connectivity index (χ0n) is 8.46. The van der Waals surface area contributed by atoms with Crippen LogP contribution in [0.15, 0.2) is 12.5 Å². The lowest BCUT2D eigenvalue weighted by molar-refractivity contribution is 0.376. The average molecular weight is 166 g/mol. The Labute approximate surface area is 74.6 Å². The molecule has 0 unspecified atom stereocenters. The molecule has 12 heavy (non-hydrogen) atoms. The zero-order chi connectivity index (χ0) is 9.19. The van der Waals surface area contributed by atoms with Gasteiger partial charge in [0.1, 0.15) is 0 Å². The van der Waals surface area contributed by atoms with Crippen molar-refractivity contribution in [1.29, 1.82) is 0 Å². The molecule has 0 aromatic carbocycles. The summed E-state index contributed by atoms with van der Waals surface area (Å²) in [4.78, 5) is 4.28. The van der Waals surface area contributed by atoms with Gasteiger partial charge in [-0.1, -0.05) is 20.8 Å². The van der Waals surface area contributed by atoms with E-state index < -0.39 is 0 Å². The molecule has 0 saturated heterocycles. The van der Waals surface area contributed by atoms with Crippen LogP contribution in [0.5, 0.6) is 0 Å². The summed E-state index contributed by atoms with van der Waals surface area (Å²) in [6.45, 7) is 6.78. The molecule has 2 heteroatoms. The predicted octanol–water partition coefficient (Wildman–Crippen LogP) is 2.40. The van der Waals surface area contributed by atoms with Gasteiger partial charge in [-0.3, -0.25) is 0 Å². The Morgan fingerprint density at radius 3 is 2.50 bits per heavy atom. The van der Waals surface area contributed by atoms with E-state index in [1.807, 2.05) is 17.9 Å². The van der Waals surface area contributed by atoms with Crippen molar-refractivity contribution in [3.63, 3.8) is 0 Å². The van der Waals surface area contributed by atoms with Crippen LogP contribution in [0.3, 0.4) is 0 Å². The van der Waals surface area contributed by atoms with Crippen LogP contribution < -0.4 is 0 Å². The third-order valence-electron chi connectivity index (χ3n) is 1.89. The van der Waals surface area contributed by atoms with Crippen molar-refractivity contribution in [2.45, 2.75) is 33.6 Å². The van der Waals surface area contributed by atoms with Gasteiger partial charge in [-0.05, 0) is 18.3 Å². The molecular formula is C10H18N2. The molecule has 1 aromatic rings. The van der Waals surface area contributed by atoms with Crippen molar-refractivity contribution in [2.24, 2.45) is 12.5 Å². The van der Waals surface area contributed by atoms with Crippen molar-refractivity contribution in [2.75, 3.05) is 0 Å². The SMILES string of the molecule is Cn1cnc(CCC(C)(C)C)c1. The van der Waals surface area contributed by atoms with E-state index in [0.717, 1.165) is 6.42 Å². The third-order valence-corrected chi connectivity index (χ3v) is 1.89. The first-order valence-electron chi connectivity index (χ1n) is 4.44. The van der Waals surface area contributed by atoms with Crippen LogP contribution in [0.4, 0.5) is 0 Å². The Kier molecular flexibility index (Phi) is 2.55. The summed E-state index contributed by atoms with van der Waals surface area (Å²) in [6, 6.07) is 0. The smallest absolute Gasteiger partial charge is 0.0946 e. The first-order valence-corrected chi connectivity index (χ1v) is 4.44. The molecule has 0 radical (unpaired) electrons.